The summed E-state index contributed by atoms with van der Waals surface area (Å²) in [5.74, 6) is 0.386. The monoisotopic (exact) mass is 501 g/mol. The van der Waals surface area contributed by atoms with E-state index in [1.54, 1.807) is 46.9 Å². The number of hydrogen-bond acceptors (Lipinski definition) is 4. The molecule has 0 fully saturated rings. The van der Waals surface area contributed by atoms with E-state index in [0.29, 0.717) is 41.1 Å². The molecule has 1 aromatic heterocycles. The topological polar surface area (TPSA) is 64.4 Å². The van der Waals surface area contributed by atoms with Crippen LogP contribution < -0.4 is 10.3 Å². The van der Waals surface area contributed by atoms with Gasteiger partial charge in [0.25, 0.3) is 11.5 Å². The van der Waals surface area contributed by atoms with Gasteiger partial charge in [-0.1, -0.05) is 44.9 Å². The van der Waals surface area contributed by atoms with Crippen molar-refractivity contribution >= 4 is 16.8 Å². The van der Waals surface area contributed by atoms with E-state index in [1.165, 1.54) is 18.2 Å². The van der Waals surface area contributed by atoms with Crippen LogP contribution in [0.15, 0.2) is 77.6 Å². The summed E-state index contributed by atoms with van der Waals surface area (Å²) in [7, 11) is 1.59. The quantitative estimate of drug-likeness (QED) is 0.239. The van der Waals surface area contributed by atoms with Gasteiger partial charge in [0.15, 0.2) is 0 Å². The Labute approximate surface area is 216 Å². The van der Waals surface area contributed by atoms with Crippen LogP contribution in [0.25, 0.3) is 16.6 Å². The fraction of sp³-hybridized carbons (Fsp3) is 0.300. The van der Waals surface area contributed by atoms with Gasteiger partial charge in [0.1, 0.15) is 17.4 Å². The van der Waals surface area contributed by atoms with E-state index in [4.69, 9.17) is 9.72 Å². The zero-order chi connectivity index (χ0) is 26.4. The van der Waals surface area contributed by atoms with Gasteiger partial charge in [0.05, 0.1) is 29.7 Å². The van der Waals surface area contributed by atoms with Gasteiger partial charge in [-0.2, -0.15) is 0 Å². The van der Waals surface area contributed by atoms with Gasteiger partial charge in [0, 0.05) is 12.1 Å². The number of methoxy groups -OCH3 is 1. The number of halogens is 1. The molecule has 192 valence electrons. The third-order valence-corrected chi connectivity index (χ3v) is 6.53. The number of amides is 1. The molecular formula is C30H32FN3O3. The number of rotatable bonds is 10. The normalized spacial score (nSPS) is 11.9. The zero-order valence-electron chi connectivity index (χ0n) is 21.5. The predicted octanol–water partition coefficient (Wildman–Crippen LogP) is 6.32. The number of carbonyl (C=O) groups excluding carboxylic acids is 1. The summed E-state index contributed by atoms with van der Waals surface area (Å²) in [6.07, 6.45) is 3.24. The summed E-state index contributed by atoms with van der Waals surface area (Å²) in [5, 5.41) is 0.492. The minimum atomic E-state index is -0.507. The maximum atomic E-state index is 14.0. The second kappa shape index (κ2) is 11.8. The van der Waals surface area contributed by atoms with Gasteiger partial charge in [-0.25, -0.2) is 9.37 Å². The van der Waals surface area contributed by atoms with Crippen LogP contribution in [-0.4, -0.2) is 34.0 Å². The molecule has 37 heavy (non-hydrogen) atoms. The predicted molar refractivity (Wildman–Crippen MR) is 144 cm³/mol. The first-order valence-corrected chi connectivity index (χ1v) is 12.7. The third-order valence-electron chi connectivity index (χ3n) is 6.53. The number of hydrogen-bond donors (Lipinski definition) is 0. The van der Waals surface area contributed by atoms with Crippen molar-refractivity contribution in [3.63, 3.8) is 0 Å². The molecule has 0 saturated heterocycles. The molecular weight excluding hydrogens is 469 g/mol. The van der Waals surface area contributed by atoms with Crippen LogP contribution in [0.5, 0.6) is 5.75 Å². The Kier molecular flexibility index (Phi) is 8.33. The highest BCUT2D eigenvalue weighted by molar-refractivity contribution is 5.94. The first kappa shape index (κ1) is 26.1. The average Bonchev–Trinajstić information content (AvgIpc) is 2.92. The van der Waals surface area contributed by atoms with Crippen LogP contribution in [0.3, 0.4) is 0 Å². The van der Waals surface area contributed by atoms with Crippen molar-refractivity contribution in [3.05, 3.63) is 100 Å². The molecule has 4 aromatic rings. The smallest absolute Gasteiger partial charge is 0.266 e. The molecule has 7 heteroatoms. The van der Waals surface area contributed by atoms with E-state index in [0.717, 1.165) is 19.3 Å². The minimum Gasteiger partial charge on any atom is -0.497 e. The fourth-order valence-corrected chi connectivity index (χ4v) is 4.61. The highest BCUT2D eigenvalue weighted by Crippen LogP contribution is 2.28. The van der Waals surface area contributed by atoms with Crippen LogP contribution in [0.1, 0.15) is 61.8 Å². The maximum absolute atomic E-state index is 14.0. The molecule has 0 radical (unpaired) electrons. The zero-order valence-corrected chi connectivity index (χ0v) is 21.5. The number of carbonyl (C=O) groups is 1. The molecule has 1 unspecified atom stereocenters. The van der Waals surface area contributed by atoms with Gasteiger partial charge in [-0.3, -0.25) is 14.2 Å². The van der Waals surface area contributed by atoms with Gasteiger partial charge >= 0.3 is 0 Å². The molecule has 0 aliphatic rings. The van der Waals surface area contributed by atoms with Crippen molar-refractivity contribution in [2.75, 3.05) is 13.7 Å². The van der Waals surface area contributed by atoms with E-state index in [1.807, 2.05) is 31.2 Å². The number of nitrogens with zero attached hydrogens (tertiary/aromatic N) is 3. The van der Waals surface area contributed by atoms with Crippen LogP contribution in [-0.2, 0) is 0 Å². The molecule has 3 aromatic carbocycles. The summed E-state index contributed by atoms with van der Waals surface area (Å²) in [5.41, 5.74) is 1.26. The molecule has 0 aliphatic carbocycles. The van der Waals surface area contributed by atoms with Crippen molar-refractivity contribution in [1.29, 1.82) is 0 Å². The lowest BCUT2D eigenvalue weighted by Gasteiger charge is -2.32. The molecule has 0 saturated carbocycles. The molecule has 0 N–H and O–H groups in total. The maximum Gasteiger partial charge on any atom is 0.266 e. The SMILES string of the molecule is CCCCCN(C(=O)c1cccc(F)c1)C(CC)c1nc2ccccc2c(=O)n1-c1ccc(OC)cc1. The van der Waals surface area contributed by atoms with Crippen LogP contribution in [0.2, 0.25) is 0 Å². The number of ether oxygens (including phenoxy) is 1. The second-order valence-corrected chi connectivity index (χ2v) is 8.97. The van der Waals surface area contributed by atoms with E-state index in [-0.39, 0.29) is 17.0 Å². The van der Waals surface area contributed by atoms with E-state index < -0.39 is 11.9 Å². The van der Waals surface area contributed by atoms with E-state index in [9.17, 15) is 14.0 Å². The largest absolute Gasteiger partial charge is 0.497 e. The minimum absolute atomic E-state index is 0.212. The highest BCUT2D eigenvalue weighted by atomic mass is 19.1. The molecule has 0 spiro atoms. The van der Waals surface area contributed by atoms with E-state index >= 15 is 0 Å². The molecule has 1 amide bonds. The lowest BCUT2D eigenvalue weighted by Crippen LogP contribution is -2.39. The number of unbranched alkanes of at least 4 members (excludes halogenated alkanes) is 2. The summed E-state index contributed by atoms with van der Waals surface area (Å²) >= 11 is 0. The van der Waals surface area contributed by atoms with Crippen molar-refractivity contribution in [2.24, 2.45) is 0 Å². The fourth-order valence-electron chi connectivity index (χ4n) is 4.61. The second-order valence-electron chi connectivity index (χ2n) is 8.97. The van der Waals surface area contributed by atoms with Gasteiger partial charge < -0.3 is 9.64 Å². The first-order valence-electron chi connectivity index (χ1n) is 12.7. The first-order chi connectivity index (χ1) is 18.0. The number of aromatic nitrogens is 2. The van der Waals surface area contributed by atoms with Crippen LogP contribution >= 0.6 is 0 Å². The lowest BCUT2D eigenvalue weighted by atomic mass is 10.1. The Hall–Kier alpha value is -4.00. The molecule has 6 nitrogen and oxygen atoms in total. The lowest BCUT2D eigenvalue weighted by molar-refractivity contribution is 0.0654. The van der Waals surface area contributed by atoms with Crippen molar-refractivity contribution < 1.29 is 13.9 Å². The Morgan fingerprint density at radius 1 is 1.03 bits per heavy atom. The van der Waals surface area contributed by atoms with Crippen LogP contribution in [0, 0.1) is 5.82 Å². The average molecular weight is 502 g/mol. The molecule has 1 atom stereocenters. The highest BCUT2D eigenvalue weighted by Gasteiger charge is 2.29. The van der Waals surface area contributed by atoms with Crippen molar-refractivity contribution in [2.45, 2.75) is 45.6 Å². The number of fused-ring (bicyclic) bond motifs is 1. The molecule has 0 aliphatic heterocycles. The number of para-hydroxylation sites is 1. The summed E-state index contributed by atoms with van der Waals surface area (Å²) in [4.78, 5) is 34.3. The molecule has 1 heterocycles. The Morgan fingerprint density at radius 3 is 2.46 bits per heavy atom. The summed E-state index contributed by atoms with van der Waals surface area (Å²) in [6.45, 7) is 4.53. The molecule has 4 rings (SSSR count). The Balaban J connectivity index is 1.91. The number of benzene rings is 3. The molecule has 0 bridgehead atoms. The van der Waals surface area contributed by atoms with E-state index in [2.05, 4.69) is 6.92 Å². The van der Waals surface area contributed by atoms with Crippen LogP contribution in [0.4, 0.5) is 4.39 Å². The third kappa shape index (κ3) is 5.56. The van der Waals surface area contributed by atoms with Crippen molar-refractivity contribution in [3.8, 4) is 11.4 Å². The summed E-state index contributed by atoms with van der Waals surface area (Å²) in [6, 6.07) is 19.6. The van der Waals surface area contributed by atoms with Gasteiger partial charge in [-0.15, -0.1) is 0 Å². The van der Waals surface area contributed by atoms with Gasteiger partial charge in [-0.05, 0) is 67.4 Å². The Morgan fingerprint density at radius 2 is 1.78 bits per heavy atom. The van der Waals surface area contributed by atoms with Crippen molar-refractivity contribution in [1.82, 2.24) is 14.5 Å². The standard InChI is InChI=1S/C30H32FN3O3/c1-4-6-9-19-33(29(35)21-11-10-12-22(31)20-21)27(5-2)28-32-26-14-8-7-13-25(26)30(36)34(28)23-15-17-24(37-3)18-16-23/h7-8,10-18,20,27H,4-6,9,19H2,1-3H3. The van der Waals surface area contributed by atoms with Gasteiger partial charge in [0.2, 0.25) is 0 Å². The summed E-state index contributed by atoms with van der Waals surface area (Å²) < 4.78 is 20.9. The Bertz CT molecular complexity index is 1430.